The van der Waals surface area contributed by atoms with Crippen LogP contribution in [0.25, 0.3) is 0 Å². The molecule has 1 rings (SSSR count). The fourth-order valence-corrected chi connectivity index (χ4v) is 3.38. The largest absolute Gasteiger partial charge is 0.450 e. The van der Waals surface area contributed by atoms with Crippen LogP contribution in [0.5, 0.6) is 0 Å². The summed E-state index contributed by atoms with van der Waals surface area (Å²) in [7, 11) is 0. The van der Waals surface area contributed by atoms with Gasteiger partial charge in [-0.05, 0) is 24.2 Å². The molecule has 0 bridgehead atoms. The number of aliphatic hydroxyl groups excluding tert-OH is 1. The van der Waals surface area contributed by atoms with E-state index in [9.17, 15) is 32.7 Å². The van der Waals surface area contributed by atoms with Gasteiger partial charge in [0.05, 0.1) is 18.4 Å². The van der Waals surface area contributed by atoms with Gasteiger partial charge in [-0.1, -0.05) is 30.3 Å². The van der Waals surface area contributed by atoms with Gasteiger partial charge in [-0.15, -0.1) is 0 Å². The Hall–Kier alpha value is -2.07. The first-order valence-corrected chi connectivity index (χ1v) is 9.66. The minimum Gasteiger partial charge on any atom is -0.387 e. The van der Waals surface area contributed by atoms with Crippen molar-refractivity contribution in [1.82, 2.24) is 4.90 Å². The third kappa shape index (κ3) is 7.89. The van der Waals surface area contributed by atoms with Gasteiger partial charge in [0.1, 0.15) is 6.04 Å². The number of thioether (sulfide) groups is 1. The third-order valence-corrected chi connectivity index (χ3v) is 5.02. The van der Waals surface area contributed by atoms with E-state index in [1.165, 1.54) is 6.92 Å². The van der Waals surface area contributed by atoms with E-state index in [1.54, 1.807) is 30.3 Å². The molecular formula is C18H23F3N2O4S. The smallest absolute Gasteiger partial charge is 0.387 e. The summed E-state index contributed by atoms with van der Waals surface area (Å²) in [4.78, 5) is 35.8. The summed E-state index contributed by atoms with van der Waals surface area (Å²) in [5.41, 5.74) is 5.95. The standard InChI is InChI=1S/C18H23F3N2O4S/c1-12(24)23(10-15(25)13-6-3-2-4-7-13)14(17(22)27)8-5-9-28-11-16(26)18(19,20)21/h2-4,6-7,14-15,25H,5,8-11H2,1H3,(H2,22,27)/t14-,15?/m0/s1. The summed E-state index contributed by atoms with van der Waals surface area (Å²) < 4.78 is 36.5. The molecule has 3 N–H and O–H groups in total. The molecular weight excluding hydrogens is 397 g/mol. The number of nitrogens with two attached hydrogens (primary N) is 1. The lowest BCUT2D eigenvalue weighted by Crippen LogP contribution is -2.48. The fourth-order valence-electron chi connectivity index (χ4n) is 2.52. The average molecular weight is 420 g/mol. The van der Waals surface area contributed by atoms with Crippen molar-refractivity contribution in [3.8, 4) is 0 Å². The number of benzene rings is 1. The highest BCUT2D eigenvalue weighted by atomic mass is 32.2. The van der Waals surface area contributed by atoms with Gasteiger partial charge in [0.2, 0.25) is 17.6 Å². The van der Waals surface area contributed by atoms with E-state index in [1.807, 2.05) is 0 Å². The zero-order valence-electron chi connectivity index (χ0n) is 15.3. The summed E-state index contributed by atoms with van der Waals surface area (Å²) in [6, 6.07) is 7.57. The molecule has 1 aromatic carbocycles. The molecule has 1 unspecified atom stereocenters. The number of primary amides is 1. The van der Waals surface area contributed by atoms with Crippen molar-refractivity contribution >= 4 is 29.4 Å². The first-order valence-electron chi connectivity index (χ1n) is 8.51. The summed E-state index contributed by atoms with van der Waals surface area (Å²) >= 11 is 0.798. The van der Waals surface area contributed by atoms with Crippen molar-refractivity contribution in [2.75, 3.05) is 18.1 Å². The maximum Gasteiger partial charge on any atom is 0.450 e. The fraction of sp³-hybridized carbons (Fsp3) is 0.500. The molecule has 156 valence electrons. The van der Waals surface area contributed by atoms with Gasteiger partial charge in [0.25, 0.3) is 0 Å². The molecule has 0 aliphatic carbocycles. The monoisotopic (exact) mass is 420 g/mol. The molecule has 0 fully saturated rings. The average Bonchev–Trinajstić information content (AvgIpc) is 2.62. The molecule has 28 heavy (non-hydrogen) atoms. The van der Waals surface area contributed by atoms with Crippen LogP contribution in [0.15, 0.2) is 30.3 Å². The van der Waals surface area contributed by atoms with Crippen LogP contribution < -0.4 is 5.73 Å². The number of Topliss-reactive ketones (excluding diaryl/α,β-unsaturated/α-hetero) is 1. The quantitative estimate of drug-likeness (QED) is 0.534. The van der Waals surface area contributed by atoms with Crippen molar-refractivity contribution in [3.63, 3.8) is 0 Å². The topological polar surface area (TPSA) is 101 Å². The molecule has 0 aromatic heterocycles. The lowest BCUT2D eigenvalue weighted by atomic mass is 10.1. The van der Waals surface area contributed by atoms with E-state index in [4.69, 9.17) is 5.73 Å². The molecule has 0 spiro atoms. The Bertz CT molecular complexity index is 671. The Morgan fingerprint density at radius 1 is 1.21 bits per heavy atom. The first-order chi connectivity index (χ1) is 13.0. The van der Waals surface area contributed by atoms with Crippen LogP contribution in [0.4, 0.5) is 13.2 Å². The zero-order valence-corrected chi connectivity index (χ0v) is 16.1. The first kappa shape index (κ1) is 24.0. The second-order valence-electron chi connectivity index (χ2n) is 6.13. The summed E-state index contributed by atoms with van der Waals surface area (Å²) in [5, 5.41) is 10.3. The molecule has 6 nitrogen and oxygen atoms in total. The molecule has 1 aromatic rings. The van der Waals surface area contributed by atoms with Crippen LogP contribution in [0.2, 0.25) is 0 Å². The lowest BCUT2D eigenvalue weighted by molar-refractivity contribution is -0.167. The second kappa shape index (κ2) is 11.1. The van der Waals surface area contributed by atoms with Gasteiger partial charge in [-0.2, -0.15) is 24.9 Å². The number of ketones is 1. The van der Waals surface area contributed by atoms with Gasteiger partial charge >= 0.3 is 6.18 Å². The maximum atomic E-state index is 12.2. The number of carbonyl (C=O) groups excluding carboxylic acids is 3. The molecule has 0 aliphatic heterocycles. The van der Waals surface area contributed by atoms with Crippen LogP contribution in [0, 0.1) is 0 Å². The van der Waals surface area contributed by atoms with E-state index in [2.05, 4.69) is 0 Å². The summed E-state index contributed by atoms with van der Waals surface area (Å²) in [6.45, 7) is 1.09. The summed E-state index contributed by atoms with van der Waals surface area (Å²) in [5.74, 6) is -3.56. The number of hydrogen-bond donors (Lipinski definition) is 2. The van der Waals surface area contributed by atoms with E-state index in [-0.39, 0.29) is 25.1 Å². The highest BCUT2D eigenvalue weighted by Crippen LogP contribution is 2.21. The molecule has 0 radical (unpaired) electrons. The van der Waals surface area contributed by atoms with Crippen LogP contribution in [0.1, 0.15) is 31.4 Å². The van der Waals surface area contributed by atoms with Crippen molar-refractivity contribution in [2.45, 2.75) is 38.1 Å². The molecule has 2 amide bonds. The van der Waals surface area contributed by atoms with Crippen LogP contribution in [-0.4, -0.2) is 57.9 Å². The number of nitrogens with zero attached hydrogens (tertiary/aromatic N) is 1. The third-order valence-electron chi connectivity index (χ3n) is 3.98. The Morgan fingerprint density at radius 3 is 2.32 bits per heavy atom. The van der Waals surface area contributed by atoms with Crippen molar-refractivity contribution in [3.05, 3.63) is 35.9 Å². The second-order valence-corrected chi connectivity index (χ2v) is 7.24. The Kier molecular flexibility index (Phi) is 9.47. The molecule has 0 heterocycles. The highest BCUT2D eigenvalue weighted by Gasteiger charge is 2.37. The SMILES string of the molecule is CC(=O)N(CC(O)c1ccccc1)[C@@H](CCCSCC(=O)C(F)(F)F)C(N)=O. The number of halogens is 3. The summed E-state index contributed by atoms with van der Waals surface area (Å²) in [6.07, 6.45) is -5.49. The number of rotatable bonds is 11. The molecule has 2 atom stereocenters. The number of carbonyl (C=O) groups is 3. The minimum atomic E-state index is -4.86. The van der Waals surface area contributed by atoms with E-state index in [0.717, 1.165) is 16.7 Å². The van der Waals surface area contributed by atoms with Crippen molar-refractivity contribution in [2.24, 2.45) is 5.73 Å². The zero-order chi connectivity index (χ0) is 21.3. The number of aliphatic hydroxyl groups is 1. The van der Waals surface area contributed by atoms with Crippen LogP contribution in [0.3, 0.4) is 0 Å². The van der Waals surface area contributed by atoms with Crippen LogP contribution >= 0.6 is 11.8 Å². The van der Waals surface area contributed by atoms with Crippen LogP contribution in [-0.2, 0) is 14.4 Å². The molecule has 0 saturated heterocycles. The van der Waals surface area contributed by atoms with Gasteiger partial charge < -0.3 is 15.7 Å². The Balaban J connectivity index is 2.63. The van der Waals surface area contributed by atoms with Crippen molar-refractivity contribution in [1.29, 1.82) is 0 Å². The van der Waals surface area contributed by atoms with E-state index < -0.39 is 41.7 Å². The van der Waals surface area contributed by atoms with Gasteiger partial charge in [0, 0.05) is 6.92 Å². The Morgan fingerprint density at radius 2 is 1.82 bits per heavy atom. The van der Waals surface area contributed by atoms with Crippen molar-refractivity contribution < 1.29 is 32.7 Å². The normalized spacial score (nSPS) is 13.6. The number of alkyl halides is 3. The number of hydrogen-bond acceptors (Lipinski definition) is 5. The highest BCUT2D eigenvalue weighted by molar-refractivity contribution is 7.99. The molecule has 10 heteroatoms. The Labute approximate surface area is 165 Å². The predicted molar refractivity (Wildman–Crippen MR) is 99.4 cm³/mol. The predicted octanol–water partition coefficient (Wildman–Crippen LogP) is 2.07. The molecule has 0 saturated carbocycles. The van der Waals surface area contributed by atoms with E-state index >= 15 is 0 Å². The maximum absolute atomic E-state index is 12.2. The lowest BCUT2D eigenvalue weighted by Gasteiger charge is -2.30. The van der Waals surface area contributed by atoms with Gasteiger partial charge in [-0.25, -0.2) is 0 Å². The van der Waals surface area contributed by atoms with Gasteiger partial charge in [-0.3, -0.25) is 14.4 Å². The van der Waals surface area contributed by atoms with Gasteiger partial charge in [0.15, 0.2) is 0 Å². The molecule has 0 aliphatic rings. The van der Waals surface area contributed by atoms with E-state index in [0.29, 0.717) is 5.56 Å². The number of amides is 2. The minimum absolute atomic E-state index is 0.115.